The van der Waals surface area contributed by atoms with Gasteiger partial charge in [-0.3, -0.25) is 9.00 Å². The van der Waals surface area contributed by atoms with Gasteiger partial charge in [0.15, 0.2) is 0 Å². The van der Waals surface area contributed by atoms with Gasteiger partial charge in [0.25, 0.3) is 5.91 Å². The molecule has 1 aromatic carbocycles. The van der Waals surface area contributed by atoms with Crippen LogP contribution in [-0.2, 0) is 15.5 Å². The maximum Gasteiger partial charge on any atom is 0.410 e. The molecule has 2 amide bonds. The van der Waals surface area contributed by atoms with Gasteiger partial charge in [-0.2, -0.15) is 0 Å². The molecule has 0 atom stereocenters. The second-order valence-corrected chi connectivity index (χ2v) is 9.96. The number of anilines is 1. The molecule has 7 nitrogen and oxygen atoms in total. The number of nitrogens with zero attached hydrogens (tertiary/aromatic N) is 3. The van der Waals surface area contributed by atoms with Gasteiger partial charge in [0, 0.05) is 67.1 Å². The zero-order valence-corrected chi connectivity index (χ0v) is 18.0. The van der Waals surface area contributed by atoms with Gasteiger partial charge in [0.1, 0.15) is 11.4 Å². The maximum atomic E-state index is 14.7. The van der Waals surface area contributed by atoms with Crippen LogP contribution in [0.3, 0.4) is 0 Å². The zero-order chi connectivity index (χ0) is 21.2. The van der Waals surface area contributed by atoms with E-state index in [0.29, 0.717) is 62.0 Å². The molecule has 1 aromatic rings. The topological polar surface area (TPSA) is 70.2 Å². The van der Waals surface area contributed by atoms with E-state index < -0.39 is 22.2 Å². The third-order valence-electron chi connectivity index (χ3n) is 4.93. The third kappa shape index (κ3) is 5.46. The Morgan fingerprint density at radius 2 is 1.62 bits per heavy atom. The van der Waals surface area contributed by atoms with Crippen molar-refractivity contribution in [1.82, 2.24) is 9.80 Å². The van der Waals surface area contributed by atoms with Crippen molar-refractivity contribution in [1.29, 1.82) is 0 Å². The van der Waals surface area contributed by atoms with E-state index in [4.69, 9.17) is 4.74 Å². The first-order chi connectivity index (χ1) is 13.6. The standard InChI is InChI=1S/C20H28FN3O4S/c1-20(2,3)28-19(26)24-8-6-22(7-9-24)17-5-4-15(14-16(17)21)18(25)23-10-12-29(27)13-11-23/h4-5,14H,6-13H2,1-3H3. The van der Waals surface area contributed by atoms with Crippen molar-refractivity contribution in [2.24, 2.45) is 0 Å². The highest BCUT2D eigenvalue weighted by Crippen LogP contribution is 2.23. The van der Waals surface area contributed by atoms with Crippen LogP contribution in [0.2, 0.25) is 0 Å². The van der Waals surface area contributed by atoms with Crippen LogP contribution < -0.4 is 4.90 Å². The van der Waals surface area contributed by atoms with Crippen molar-refractivity contribution < 1.29 is 22.9 Å². The molecule has 0 bridgehead atoms. The molecule has 2 saturated heterocycles. The minimum absolute atomic E-state index is 0.234. The number of carbonyl (C=O) groups is 2. The van der Waals surface area contributed by atoms with Crippen LogP contribution in [0, 0.1) is 5.82 Å². The molecule has 2 heterocycles. The van der Waals surface area contributed by atoms with E-state index in [9.17, 15) is 18.2 Å². The summed E-state index contributed by atoms with van der Waals surface area (Å²) in [5.41, 5.74) is 0.169. The fourth-order valence-electron chi connectivity index (χ4n) is 3.38. The highest BCUT2D eigenvalue weighted by molar-refractivity contribution is 7.85. The highest BCUT2D eigenvalue weighted by Gasteiger charge is 2.27. The average molecular weight is 426 g/mol. The number of amides is 2. The Labute approximate surface area is 173 Å². The Morgan fingerprint density at radius 3 is 2.17 bits per heavy atom. The van der Waals surface area contributed by atoms with Crippen LogP contribution >= 0.6 is 0 Å². The molecule has 0 aliphatic carbocycles. The van der Waals surface area contributed by atoms with Crippen molar-refractivity contribution >= 4 is 28.5 Å². The second-order valence-electron chi connectivity index (χ2n) is 8.26. The number of hydrogen-bond acceptors (Lipinski definition) is 5. The van der Waals surface area contributed by atoms with Gasteiger partial charge in [-0.1, -0.05) is 0 Å². The van der Waals surface area contributed by atoms with Gasteiger partial charge in [0.2, 0.25) is 0 Å². The van der Waals surface area contributed by atoms with Gasteiger partial charge in [0.05, 0.1) is 5.69 Å². The number of piperazine rings is 1. The monoisotopic (exact) mass is 425 g/mol. The van der Waals surface area contributed by atoms with Crippen molar-refractivity contribution in [3.8, 4) is 0 Å². The Morgan fingerprint density at radius 1 is 1.00 bits per heavy atom. The van der Waals surface area contributed by atoms with Crippen LogP contribution in [0.25, 0.3) is 0 Å². The highest BCUT2D eigenvalue weighted by atomic mass is 32.2. The van der Waals surface area contributed by atoms with E-state index in [2.05, 4.69) is 0 Å². The number of rotatable bonds is 2. The molecule has 29 heavy (non-hydrogen) atoms. The largest absolute Gasteiger partial charge is 0.444 e. The van der Waals surface area contributed by atoms with Crippen LogP contribution in [0.4, 0.5) is 14.9 Å². The van der Waals surface area contributed by atoms with E-state index in [-0.39, 0.29) is 12.0 Å². The summed E-state index contributed by atoms with van der Waals surface area (Å²) in [5, 5.41) is 0. The molecule has 2 aliphatic rings. The Hall–Kier alpha value is -2.16. The molecule has 2 fully saturated rings. The zero-order valence-electron chi connectivity index (χ0n) is 17.1. The maximum absolute atomic E-state index is 14.7. The van der Waals surface area contributed by atoms with Crippen molar-refractivity contribution in [2.75, 3.05) is 55.7 Å². The smallest absolute Gasteiger partial charge is 0.410 e. The molecule has 3 rings (SSSR count). The average Bonchev–Trinajstić information content (AvgIpc) is 2.67. The molecule has 0 radical (unpaired) electrons. The SMILES string of the molecule is CC(C)(C)OC(=O)N1CCN(c2ccc(C(=O)N3CCS(=O)CC3)cc2F)CC1. The summed E-state index contributed by atoms with van der Waals surface area (Å²) < 4.78 is 31.6. The molecule has 160 valence electrons. The quantitative estimate of drug-likeness (QED) is 0.726. The lowest BCUT2D eigenvalue weighted by Gasteiger charge is -2.37. The van der Waals surface area contributed by atoms with Gasteiger partial charge < -0.3 is 19.4 Å². The summed E-state index contributed by atoms with van der Waals surface area (Å²) in [4.78, 5) is 29.8. The summed E-state index contributed by atoms with van der Waals surface area (Å²) in [7, 11) is -0.869. The second kappa shape index (κ2) is 8.69. The van der Waals surface area contributed by atoms with Crippen LogP contribution in [0.1, 0.15) is 31.1 Å². The van der Waals surface area contributed by atoms with Gasteiger partial charge in [-0.25, -0.2) is 9.18 Å². The Balaban J connectivity index is 1.60. The molecule has 0 saturated carbocycles. The first-order valence-electron chi connectivity index (χ1n) is 9.81. The fraction of sp³-hybridized carbons (Fsp3) is 0.600. The molecule has 0 N–H and O–H groups in total. The first kappa shape index (κ1) is 21.5. The molecule has 0 aromatic heterocycles. The van der Waals surface area contributed by atoms with E-state index in [1.54, 1.807) is 21.9 Å². The molecular weight excluding hydrogens is 397 g/mol. The van der Waals surface area contributed by atoms with Crippen LogP contribution in [0.15, 0.2) is 18.2 Å². The molecular formula is C20H28FN3O4S. The van der Waals surface area contributed by atoms with Crippen LogP contribution in [-0.4, -0.2) is 82.4 Å². The summed E-state index contributed by atoms with van der Waals surface area (Å²) in [6, 6.07) is 4.52. The minimum Gasteiger partial charge on any atom is -0.444 e. The summed E-state index contributed by atoms with van der Waals surface area (Å²) in [6.45, 7) is 8.19. The number of halogens is 1. The Bertz CT molecular complexity index is 793. The fourth-order valence-corrected chi connectivity index (χ4v) is 4.43. The number of hydrogen-bond donors (Lipinski definition) is 0. The molecule has 9 heteroatoms. The Kier molecular flexibility index (Phi) is 6.45. The summed E-state index contributed by atoms with van der Waals surface area (Å²) >= 11 is 0. The number of carbonyl (C=O) groups excluding carboxylic acids is 2. The first-order valence-corrected chi connectivity index (χ1v) is 11.3. The number of ether oxygens (including phenoxy) is 1. The lowest BCUT2D eigenvalue weighted by molar-refractivity contribution is 0.0240. The normalized spacial score (nSPS) is 18.7. The third-order valence-corrected chi connectivity index (χ3v) is 6.21. The van der Waals surface area contributed by atoms with Gasteiger partial charge >= 0.3 is 6.09 Å². The summed E-state index contributed by atoms with van der Waals surface area (Å²) in [5.74, 6) is 0.242. The predicted molar refractivity (Wildman–Crippen MR) is 110 cm³/mol. The lowest BCUT2D eigenvalue weighted by Crippen LogP contribution is -2.50. The van der Waals surface area contributed by atoms with E-state index >= 15 is 0 Å². The summed E-state index contributed by atoms with van der Waals surface area (Å²) in [6.07, 6.45) is -0.360. The van der Waals surface area contributed by atoms with E-state index in [0.717, 1.165) is 0 Å². The molecule has 0 spiro atoms. The van der Waals surface area contributed by atoms with Gasteiger partial charge in [-0.15, -0.1) is 0 Å². The number of benzene rings is 1. The van der Waals surface area contributed by atoms with Gasteiger partial charge in [-0.05, 0) is 39.0 Å². The van der Waals surface area contributed by atoms with E-state index in [1.165, 1.54) is 6.07 Å². The molecule has 2 aliphatic heterocycles. The van der Waals surface area contributed by atoms with Crippen molar-refractivity contribution in [2.45, 2.75) is 26.4 Å². The molecule has 0 unspecified atom stereocenters. The minimum atomic E-state index is -0.869. The van der Waals surface area contributed by atoms with Crippen LogP contribution in [0.5, 0.6) is 0 Å². The van der Waals surface area contributed by atoms with E-state index in [1.807, 2.05) is 25.7 Å². The van der Waals surface area contributed by atoms with Crippen molar-refractivity contribution in [3.63, 3.8) is 0 Å². The predicted octanol–water partition coefficient (Wildman–Crippen LogP) is 2.09. The van der Waals surface area contributed by atoms with Crippen molar-refractivity contribution in [3.05, 3.63) is 29.6 Å². The lowest BCUT2D eigenvalue weighted by atomic mass is 10.1.